The van der Waals surface area contributed by atoms with E-state index in [0.717, 1.165) is 21.7 Å². The molecule has 98 valence electrons. The number of benzene rings is 1. The highest BCUT2D eigenvalue weighted by molar-refractivity contribution is 9.10. The molecule has 0 unspecified atom stereocenters. The second kappa shape index (κ2) is 6.54. The summed E-state index contributed by atoms with van der Waals surface area (Å²) in [5.41, 5.74) is 1.83. The lowest BCUT2D eigenvalue weighted by Crippen LogP contribution is -1.96. The van der Waals surface area contributed by atoms with Crippen molar-refractivity contribution >= 4 is 39.3 Å². The van der Waals surface area contributed by atoms with Crippen LogP contribution in [0, 0.1) is 0 Å². The monoisotopic (exact) mass is 338 g/mol. The minimum Gasteiger partial charge on any atom is -0.488 e. The average molecular weight is 339 g/mol. The van der Waals surface area contributed by atoms with Gasteiger partial charge < -0.3 is 9.84 Å². The molecule has 1 aromatic heterocycles. The number of hydrogen-bond acceptors (Lipinski definition) is 3. The van der Waals surface area contributed by atoms with Gasteiger partial charge in [-0.2, -0.15) is 11.3 Å². The highest BCUT2D eigenvalue weighted by Gasteiger charge is 2.03. The molecule has 0 bridgehead atoms. The van der Waals surface area contributed by atoms with Crippen LogP contribution in [0.15, 0.2) is 45.6 Å². The summed E-state index contributed by atoms with van der Waals surface area (Å²) in [6.45, 7) is 0.471. The normalized spacial score (nSPS) is 10.8. The van der Waals surface area contributed by atoms with Crippen molar-refractivity contribution in [2.75, 3.05) is 0 Å². The number of carboxylic acid groups (broad SMARTS) is 1. The van der Waals surface area contributed by atoms with E-state index < -0.39 is 5.97 Å². The maximum absolute atomic E-state index is 10.6. The molecule has 0 atom stereocenters. The van der Waals surface area contributed by atoms with Crippen LogP contribution in [-0.2, 0) is 11.4 Å². The summed E-state index contributed by atoms with van der Waals surface area (Å²) in [7, 11) is 0. The highest BCUT2D eigenvalue weighted by atomic mass is 79.9. The van der Waals surface area contributed by atoms with Crippen LogP contribution in [0.25, 0.3) is 6.08 Å². The average Bonchev–Trinajstić information content (AvgIpc) is 2.88. The first-order valence-corrected chi connectivity index (χ1v) is 7.23. The number of carbonyl (C=O) groups is 1. The lowest BCUT2D eigenvalue weighted by Gasteiger charge is -2.08. The Morgan fingerprint density at radius 3 is 2.95 bits per heavy atom. The Kier molecular flexibility index (Phi) is 4.76. The first-order valence-electron chi connectivity index (χ1n) is 5.49. The SMILES string of the molecule is O=C(O)/C=C/c1cc(Br)ccc1OCc1ccsc1. The van der Waals surface area contributed by atoms with Crippen molar-refractivity contribution in [3.05, 3.63) is 56.7 Å². The Morgan fingerprint density at radius 1 is 1.42 bits per heavy atom. The third-order valence-corrected chi connectivity index (χ3v) is 3.58. The summed E-state index contributed by atoms with van der Waals surface area (Å²) in [6, 6.07) is 7.50. The first-order chi connectivity index (χ1) is 9.15. The molecule has 19 heavy (non-hydrogen) atoms. The molecule has 0 saturated heterocycles. The predicted molar refractivity (Wildman–Crippen MR) is 79.5 cm³/mol. The van der Waals surface area contributed by atoms with E-state index in [1.54, 1.807) is 11.3 Å². The van der Waals surface area contributed by atoms with Gasteiger partial charge in [-0.1, -0.05) is 15.9 Å². The van der Waals surface area contributed by atoms with Crippen LogP contribution in [0.2, 0.25) is 0 Å². The van der Waals surface area contributed by atoms with Crippen LogP contribution in [0.4, 0.5) is 0 Å². The molecule has 1 N–H and O–H groups in total. The van der Waals surface area contributed by atoms with Gasteiger partial charge in [-0.15, -0.1) is 0 Å². The number of carboxylic acids is 1. The molecule has 0 aliphatic carbocycles. The topological polar surface area (TPSA) is 46.5 Å². The number of thiophene rings is 1. The Labute approximate surface area is 123 Å². The van der Waals surface area contributed by atoms with Gasteiger partial charge in [0.1, 0.15) is 12.4 Å². The van der Waals surface area contributed by atoms with Crippen molar-refractivity contribution < 1.29 is 14.6 Å². The van der Waals surface area contributed by atoms with E-state index in [-0.39, 0.29) is 0 Å². The molecule has 0 fully saturated rings. The molecule has 0 radical (unpaired) electrons. The number of hydrogen-bond donors (Lipinski definition) is 1. The molecule has 3 nitrogen and oxygen atoms in total. The van der Waals surface area contributed by atoms with Crippen LogP contribution in [0.1, 0.15) is 11.1 Å². The number of ether oxygens (including phenoxy) is 1. The Bertz CT molecular complexity index is 591. The molecule has 2 aromatic rings. The van der Waals surface area contributed by atoms with Gasteiger partial charge in [0.05, 0.1) is 0 Å². The third-order valence-electron chi connectivity index (χ3n) is 2.35. The number of rotatable bonds is 5. The molecular formula is C14H11BrO3S. The van der Waals surface area contributed by atoms with Gasteiger partial charge in [-0.25, -0.2) is 4.79 Å². The van der Waals surface area contributed by atoms with E-state index in [1.807, 2.05) is 35.0 Å². The van der Waals surface area contributed by atoms with Crippen molar-refractivity contribution in [2.45, 2.75) is 6.61 Å². The van der Waals surface area contributed by atoms with Gasteiger partial charge in [-0.05, 0) is 46.7 Å². The lowest BCUT2D eigenvalue weighted by atomic mass is 10.2. The molecule has 1 heterocycles. The van der Waals surface area contributed by atoms with Crippen LogP contribution < -0.4 is 4.74 Å². The molecule has 0 spiro atoms. The van der Waals surface area contributed by atoms with Crippen LogP contribution >= 0.6 is 27.3 Å². The zero-order chi connectivity index (χ0) is 13.7. The van der Waals surface area contributed by atoms with Crippen molar-refractivity contribution in [1.29, 1.82) is 0 Å². The van der Waals surface area contributed by atoms with Crippen LogP contribution in [0.5, 0.6) is 5.75 Å². The molecule has 1 aromatic carbocycles. The summed E-state index contributed by atoms with van der Waals surface area (Å²) in [6.07, 6.45) is 2.62. The summed E-state index contributed by atoms with van der Waals surface area (Å²) in [5, 5.41) is 12.7. The molecular weight excluding hydrogens is 328 g/mol. The van der Waals surface area contributed by atoms with Gasteiger partial charge >= 0.3 is 5.97 Å². The Morgan fingerprint density at radius 2 is 2.26 bits per heavy atom. The van der Waals surface area contributed by atoms with Gasteiger partial charge in [-0.3, -0.25) is 0 Å². The highest BCUT2D eigenvalue weighted by Crippen LogP contribution is 2.25. The van der Waals surface area contributed by atoms with Crippen molar-refractivity contribution in [2.24, 2.45) is 0 Å². The molecule has 2 rings (SSSR count). The zero-order valence-electron chi connectivity index (χ0n) is 9.88. The minimum absolute atomic E-state index is 0.471. The zero-order valence-corrected chi connectivity index (χ0v) is 12.3. The smallest absolute Gasteiger partial charge is 0.328 e. The standard InChI is InChI=1S/C14H11BrO3S/c15-12-2-3-13(11(7-12)1-4-14(16)17)18-8-10-5-6-19-9-10/h1-7,9H,8H2,(H,16,17)/b4-1+. The first kappa shape index (κ1) is 13.8. The molecule has 0 saturated carbocycles. The van der Waals surface area contributed by atoms with Crippen molar-refractivity contribution in [3.63, 3.8) is 0 Å². The summed E-state index contributed by atoms with van der Waals surface area (Å²) in [4.78, 5) is 10.6. The van der Waals surface area contributed by atoms with Crippen LogP contribution in [0.3, 0.4) is 0 Å². The van der Waals surface area contributed by atoms with E-state index in [1.165, 1.54) is 6.08 Å². The largest absolute Gasteiger partial charge is 0.488 e. The fourth-order valence-electron chi connectivity index (χ4n) is 1.48. The fraction of sp³-hybridized carbons (Fsp3) is 0.0714. The lowest BCUT2D eigenvalue weighted by molar-refractivity contribution is -0.131. The quantitative estimate of drug-likeness (QED) is 0.831. The summed E-state index contributed by atoms with van der Waals surface area (Å²) in [5.74, 6) is -0.323. The predicted octanol–water partition coefficient (Wildman–Crippen LogP) is 4.19. The Balaban J connectivity index is 2.16. The van der Waals surface area contributed by atoms with Crippen molar-refractivity contribution in [1.82, 2.24) is 0 Å². The molecule has 0 aliphatic heterocycles. The Hall–Kier alpha value is -1.59. The third kappa shape index (κ3) is 4.22. The van der Waals surface area contributed by atoms with E-state index in [9.17, 15) is 4.79 Å². The maximum atomic E-state index is 10.6. The van der Waals surface area contributed by atoms with Crippen LogP contribution in [-0.4, -0.2) is 11.1 Å². The van der Waals surface area contributed by atoms with Gasteiger partial charge in [0.25, 0.3) is 0 Å². The van der Waals surface area contributed by atoms with Gasteiger partial charge in [0.2, 0.25) is 0 Å². The number of halogens is 1. The number of aliphatic carboxylic acids is 1. The van der Waals surface area contributed by atoms with E-state index >= 15 is 0 Å². The van der Waals surface area contributed by atoms with Crippen molar-refractivity contribution in [3.8, 4) is 5.75 Å². The van der Waals surface area contributed by atoms with E-state index in [4.69, 9.17) is 9.84 Å². The van der Waals surface area contributed by atoms with Gasteiger partial charge in [0, 0.05) is 16.1 Å². The molecule has 0 aliphatic rings. The van der Waals surface area contributed by atoms with E-state index in [0.29, 0.717) is 12.4 Å². The fourth-order valence-corrected chi connectivity index (χ4v) is 2.51. The summed E-state index contributed by atoms with van der Waals surface area (Å²) < 4.78 is 6.59. The maximum Gasteiger partial charge on any atom is 0.328 e. The summed E-state index contributed by atoms with van der Waals surface area (Å²) >= 11 is 4.97. The second-order valence-electron chi connectivity index (χ2n) is 3.77. The molecule has 0 amide bonds. The minimum atomic E-state index is -0.983. The van der Waals surface area contributed by atoms with Gasteiger partial charge in [0.15, 0.2) is 0 Å². The van der Waals surface area contributed by atoms with E-state index in [2.05, 4.69) is 15.9 Å². The molecule has 5 heteroatoms. The second-order valence-corrected chi connectivity index (χ2v) is 5.47.